The minimum absolute atomic E-state index is 0.0170. The lowest BCUT2D eigenvalue weighted by molar-refractivity contribution is -0.0660. The molecule has 0 aliphatic carbocycles. The van der Waals surface area contributed by atoms with Crippen molar-refractivity contribution in [3.05, 3.63) is 54.4 Å². The summed E-state index contributed by atoms with van der Waals surface area (Å²) in [5, 5.41) is 13.1. The zero-order valence-corrected chi connectivity index (χ0v) is 25.7. The summed E-state index contributed by atoms with van der Waals surface area (Å²) in [6.45, 7) is 7.61. The number of rotatable bonds is 7. The van der Waals surface area contributed by atoms with Gasteiger partial charge in [-0.1, -0.05) is 0 Å². The molecule has 0 radical (unpaired) electrons. The monoisotopic (exact) mass is 627 g/mol. The third-order valence-corrected chi connectivity index (χ3v) is 9.28. The van der Waals surface area contributed by atoms with Crippen LogP contribution in [0.1, 0.15) is 24.8 Å². The number of hydrogen-bond acceptors (Lipinski definition) is 10. The molecular formula is C33H38FN9O3. The first-order valence-corrected chi connectivity index (χ1v) is 16.1. The minimum atomic E-state index is -1.35. The van der Waals surface area contributed by atoms with E-state index in [2.05, 4.69) is 48.3 Å². The molecule has 13 heteroatoms. The molecule has 2 aromatic carbocycles. The lowest BCUT2D eigenvalue weighted by atomic mass is 10.1. The van der Waals surface area contributed by atoms with E-state index in [0.29, 0.717) is 42.1 Å². The number of likely N-dealkylation sites (tertiary alicyclic amines) is 2. The van der Waals surface area contributed by atoms with Crippen LogP contribution < -0.4 is 15.0 Å². The van der Waals surface area contributed by atoms with Crippen molar-refractivity contribution < 1.29 is 18.7 Å². The molecule has 2 amide bonds. The van der Waals surface area contributed by atoms with E-state index in [4.69, 9.17) is 9.47 Å². The molecule has 2 atom stereocenters. The molecule has 4 fully saturated rings. The molecule has 4 aliphatic heterocycles. The van der Waals surface area contributed by atoms with Crippen molar-refractivity contribution in [2.24, 2.45) is 0 Å². The van der Waals surface area contributed by atoms with Crippen LogP contribution in [0.5, 0.6) is 5.75 Å². The van der Waals surface area contributed by atoms with Crippen LogP contribution in [0.25, 0.3) is 11.4 Å². The van der Waals surface area contributed by atoms with Crippen LogP contribution in [0.4, 0.5) is 26.5 Å². The Morgan fingerprint density at radius 2 is 1.76 bits per heavy atom. The molecule has 0 unspecified atom stereocenters. The number of aromatic nitrogens is 3. The molecule has 46 heavy (non-hydrogen) atoms. The van der Waals surface area contributed by atoms with Crippen molar-refractivity contribution in [2.75, 3.05) is 75.8 Å². The third kappa shape index (κ3) is 6.54. The number of piperazine rings is 1. The van der Waals surface area contributed by atoms with Gasteiger partial charge in [0.15, 0.2) is 12.0 Å². The Kier molecular flexibility index (Phi) is 8.81. The van der Waals surface area contributed by atoms with E-state index in [-0.39, 0.29) is 18.1 Å². The van der Waals surface area contributed by atoms with Crippen LogP contribution in [0.15, 0.2) is 48.8 Å². The van der Waals surface area contributed by atoms with E-state index in [1.54, 1.807) is 28.0 Å². The summed E-state index contributed by atoms with van der Waals surface area (Å²) in [4.78, 5) is 34.1. The number of urea groups is 1. The quantitative estimate of drug-likeness (QED) is 0.415. The van der Waals surface area contributed by atoms with Gasteiger partial charge in [0, 0.05) is 69.2 Å². The van der Waals surface area contributed by atoms with E-state index in [9.17, 15) is 10.1 Å². The van der Waals surface area contributed by atoms with Crippen LogP contribution in [-0.4, -0.2) is 120 Å². The van der Waals surface area contributed by atoms with Crippen molar-refractivity contribution >= 4 is 23.4 Å². The lowest BCUT2D eigenvalue weighted by Crippen LogP contribution is -2.56. The summed E-state index contributed by atoms with van der Waals surface area (Å²) in [5.41, 5.74) is 2.90. The fraction of sp³-hybridized carbons (Fsp3) is 0.485. The first-order valence-electron chi connectivity index (χ1n) is 16.1. The molecule has 3 aromatic rings. The Labute approximate surface area is 267 Å². The van der Waals surface area contributed by atoms with E-state index in [1.165, 1.54) is 12.0 Å². The molecule has 7 rings (SSSR count). The van der Waals surface area contributed by atoms with Crippen molar-refractivity contribution in [1.29, 1.82) is 5.26 Å². The zero-order valence-electron chi connectivity index (χ0n) is 25.7. The van der Waals surface area contributed by atoms with Gasteiger partial charge < -0.3 is 29.5 Å². The molecule has 5 heterocycles. The van der Waals surface area contributed by atoms with Crippen molar-refractivity contribution in [1.82, 2.24) is 29.7 Å². The van der Waals surface area contributed by atoms with Gasteiger partial charge in [-0.3, -0.25) is 4.90 Å². The van der Waals surface area contributed by atoms with Gasteiger partial charge in [-0.05, 0) is 55.3 Å². The van der Waals surface area contributed by atoms with Crippen molar-refractivity contribution in [3.63, 3.8) is 0 Å². The highest BCUT2D eigenvalue weighted by Crippen LogP contribution is 2.29. The van der Waals surface area contributed by atoms with Gasteiger partial charge in [0.05, 0.1) is 31.4 Å². The number of ether oxygens (including phenoxy) is 2. The van der Waals surface area contributed by atoms with Crippen LogP contribution >= 0.6 is 0 Å². The van der Waals surface area contributed by atoms with Crippen molar-refractivity contribution in [2.45, 2.75) is 37.6 Å². The van der Waals surface area contributed by atoms with Crippen LogP contribution in [0.2, 0.25) is 0 Å². The van der Waals surface area contributed by atoms with Gasteiger partial charge in [-0.25, -0.2) is 19.2 Å². The summed E-state index contributed by atoms with van der Waals surface area (Å²) >= 11 is 0. The summed E-state index contributed by atoms with van der Waals surface area (Å²) in [6, 6.07) is 15.9. The number of piperidine rings is 1. The molecule has 240 valence electrons. The molecule has 0 bridgehead atoms. The number of alkyl halides is 1. The maximum Gasteiger partial charge on any atom is 0.320 e. The number of halogens is 1. The smallest absolute Gasteiger partial charge is 0.320 e. The Hall–Kier alpha value is -4.54. The summed E-state index contributed by atoms with van der Waals surface area (Å²) in [6.07, 6.45) is 1.66. The zero-order chi connectivity index (χ0) is 31.5. The average Bonchev–Trinajstić information content (AvgIpc) is 3.61. The Bertz CT molecular complexity index is 1570. The molecule has 0 saturated carbocycles. The normalized spacial score (nSPS) is 22.3. The largest absolute Gasteiger partial charge is 0.486 e. The highest BCUT2D eigenvalue weighted by atomic mass is 19.1. The molecule has 4 aliphatic rings. The topological polar surface area (TPSA) is 123 Å². The summed E-state index contributed by atoms with van der Waals surface area (Å²) in [7, 11) is 0. The average molecular weight is 628 g/mol. The second-order valence-corrected chi connectivity index (χ2v) is 12.2. The van der Waals surface area contributed by atoms with Gasteiger partial charge in [0.2, 0.25) is 5.95 Å². The summed E-state index contributed by atoms with van der Waals surface area (Å²) < 4.78 is 26.5. The van der Waals surface area contributed by atoms with E-state index >= 15 is 4.39 Å². The summed E-state index contributed by atoms with van der Waals surface area (Å²) in [5.74, 6) is 1.07. The second-order valence-electron chi connectivity index (χ2n) is 12.2. The van der Waals surface area contributed by atoms with Crippen LogP contribution in [-0.2, 0) is 4.74 Å². The Morgan fingerprint density at radius 1 is 0.978 bits per heavy atom. The number of amides is 2. The van der Waals surface area contributed by atoms with Gasteiger partial charge >= 0.3 is 6.03 Å². The van der Waals surface area contributed by atoms with Gasteiger partial charge in [-0.2, -0.15) is 10.2 Å². The van der Waals surface area contributed by atoms with Gasteiger partial charge in [-0.15, -0.1) is 0 Å². The predicted octanol–water partition coefficient (Wildman–Crippen LogP) is 3.68. The van der Waals surface area contributed by atoms with Crippen LogP contribution in [0, 0.1) is 11.3 Å². The van der Waals surface area contributed by atoms with Gasteiger partial charge in [0.25, 0.3) is 0 Å². The Morgan fingerprint density at radius 3 is 2.46 bits per heavy atom. The number of nitrogens with zero attached hydrogens (tertiary/aromatic N) is 8. The second kappa shape index (κ2) is 13.4. The highest BCUT2D eigenvalue weighted by molar-refractivity contribution is 5.75. The number of carbonyl (C=O) groups is 1. The number of hydrogen-bond donors (Lipinski definition) is 1. The first-order chi connectivity index (χ1) is 22.5. The number of carbonyl (C=O) groups excluding carboxylic acids is 1. The third-order valence-electron chi connectivity index (χ3n) is 9.28. The molecule has 4 saturated heterocycles. The first kappa shape index (κ1) is 30.1. The predicted molar refractivity (Wildman–Crippen MR) is 170 cm³/mol. The SMILES string of the molecule is N#Cc1cc(-c2ncnc(Nc3ccc(N4CCN(C5COC5)CC4)cc3)n2)ccc1O[C@H]1CCN(C(=O)N2CCCC2)C[C@@H]1F. The number of benzene rings is 2. The van der Waals surface area contributed by atoms with E-state index in [0.717, 1.165) is 71.0 Å². The van der Waals surface area contributed by atoms with Crippen LogP contribution in [0.3, 0.4) is 0 Å². The molecule has 1 N–H and O–H groups in total. The molecule has 0 spiro atoms. The molecule has 1 aromatic heterocycles. The minimum Gasteiger partial charge on any atom is -0.486 e. The lowest BCUT2D eigenvalue weighted by Gasteiger charge is -2.43. The fourth-order valence-electron chi connectivity index (χ4n) is 6.48. The fourth-order valence-corrected chi connectivity index (χ4v) is 6.48. The van der Waals surface area contributed by atoms with E-state index in [1.807, 2.05) is 12.1 Å². The maximum atomic E-state index is 15.1. The maximum absolute atomic E-state index is 15.1. The standard InChI is InChI=1S/C33H38FN9O3/c34-28-19-43(33(44)42-10-1-2-11-42)12-9-30(28)46-29-8-3-23(17-24(29)18-35)31-36-22-37-32(39-31)38-25-4-6-26(7-5-25)40-13-15-41(16-14-40)27-20-45-21-27/h3-8,17,22,27-28,30H,1-2,9-16,19-21H2,(H,36,37,38,39)/t28-,30-/m0/s1. The molecule has 12 nitrogen and oxygen atoms in total. The number of nitrogens with one attached hydrogen (secondary N) is 1. The Balaban J connectivity index is 0.960. The van der Waals surface area contributed by atoms with Crippen molar-refractivity contribution in [3.8, 4) is 23.2 Å². The number of nitriles is 1. The number of anilines is 3. The van der Waals surface area contributed by atoms with Gasteiger partial charge in [0.1, 0.15) is 24.3 Å². The van der Waals surface area contributed by atoms with E-state index < -0.39 is 12.3 Å². The molecular weight excluding hydrogens is 589 g/mol. The highest BCUT2D eigenvalue weighted by Gasteiger charge is 2.35.